The van der Waals surface area contributed by atoms with Gasteiger partial charge in [-0.3, -0.25) is 0 Å². The molecule has 0 aliphatic rings. The number of benzene rings is 1. The van der Waals surface area contributed by atoms with E-state index in [1.165, 1.54) is 12.1 Å². The molecule has 13 heavy (non-hydrogen) atoms. The maximum atomic E-state index is 12.2. The fourth-order valence-corrected chi connectivity index (χ4v) is 1.28. The van der Waals surface area contributed by atoms with Gasteiger partial charge in [-0.25, -0.2) is 8.78 Å². The van der Waals surface area contributed by atoms with Crippen LogP contribution in [-0.4, -0.2) is 10.1 Å². The third kappa shape index (κ3) is 1.24. The minimum absolute atomic E-state index is 0.00981. The fraction of sp³-hybridized carbons (Fsp3) is 0.111. The van der Waals surface area contributed by atoms with Crippen LogP contribution in [-0.2, 0) is 0 Å². The maximum Gasteiger partial charge on any atom is 0.278 e. The third-order valence-corrected chi connectivity index (χ3v) is 1.89. The Kier molecular flexibility index (Phi) is 1.69. The van der Waals surface area contributed by atoms with Crippen molar-refractivity contribution in [3.8, 4) is 5.75 Å². The number of H-pyrrole nitrogens is 1. The van der Waals surface area contributed by atoms with Crippen molar-refractivity contribution in [1.82, 2.24) is 4.98 Å². The number of nitrogens with one attached hydrogen (secondary N) is 1. The van der Waals surface area contributed by atoms with E-state index in [2.05, 4.69) is 4.98 Å². The molecule has 0 fully saturated rings. The summed E-state index contributed by atoms with van der Waals surface area (Å²) in [6.45, 7) is 0. The van der Waals surface area contributed by atoms with Crippen molar-refractivity contribution in [2.24, 2.45) is 0 Å². The molecule has 0 bridgehead atoms. The smallest absolute Gasteiger partial charge is 0.278 e. The third-order valence-electron chi connectivity index (χ3n) is 1.89. The van der Waals surface area contributed by atoms with Gasteiger partial charge in [0.15, 0.2) is 0 Å². The second-order valence-electron chi connectivity index (χ2n) is 2.77. The summed E-state index contributed by atoms with van der Waals surface area (Å²) in [4.78, 5) is 2.46. The molecule has 68 valence electrons. The van der Waals surface area contributed by atoms with Crippen molar-refractivity contribution >= 4 is 10.9 Å². The molecule has 0 aliphatic heterocycles. The van der Waals surface area contributed by atoms with E-state index in [-0.39, 0.29) is 11.4 Å². The number of rotatable bonds is 1. The first-order valence-electron chi connectivity index (χ1n) is 3.77. The zero-order valence-electron chi connectivity index (χ0n) is 6.59. The number of aromatic nitrogens is 1. The fourth-order valence-electron chi connectivity index (χ4n) is 1.28. The van der Waals surface area contributed by atoms with Gasteiger partial charge in [0, 0.05) is 5.39 Å². The van der Waals surface area contributed by atoms with Gasteiger partial charge in [0.25, 0.3) is 6.43 Å². The van der Waals surface area contributed by atoms with E-state index in [0.29, 0.717) is 10.9 Å². The van der Waals surface area contributed by atoms with Crippen LogP contribution in [0.5, 0.6) is 5.75 Å². The lowest BCUT2D eigenvalue weighted by Crippen LogP contribution is -1.81. The van der Waals surface area contributed by atoms with E-state index >= 15 is 0 Å². The molecular weight excluding hydrogens is 176 g/mol. The summed E-state index contributed by atoms with van der Waals surface area (Å²) >= 11 is 0. The van der Waals surface area contributed by atoms with E-state index in [9.17, 15) is 13.9 Å². The predicted molar refractivity (Wildman–Crippen MR) is 44.9 cm³/mol. The summed E-state index contributed by atoms with van der Waals surface area (Å²) in [7, 11) is 0. The number of hydrogen-bond acceptors (Lipinski definition) is 1. The molecule has 1 aromatic heterocycles. The lowest BCUT2D eigenvalue weighted by Gasteiger charge is -1.93. The topological polar surface area (TPSA) is 36.0 Å². The highest BCUT2D eigenvalue weighted by Crippen LogP contribution is 2.28. The number of aromatic amines is 1. The first-order valence-corrected chi connectivity index (χ1v) is 3.77. The molecule has 0 amide bonds. The number of fused-ring (bicyclic) bond motifs is 1. The van der Waals surface area contributed by atoms with Gasteiger partial charge in [0.2, 0.25) is 0 Å². The molecule has 0 unspecified atom stereocenters. The van der Waals surface area contributed by atoms with Crippen LogP contribution in [0.15, 0.2) is 24.3 Å². The Morgan fingerprint density at radius 1 is 1.31 bits per heavy atom. The molecule has 1 heterocycles. The number of phenolic OH excluding ortho intramolecular Hbond substituents is 1. The average Bonchev–Trinajstić information content (AvgIpc) is 2.49. The van der Waals surface area contributed by atoms with E-state index in [1.54, 1.807) is 12.1 Å². The quantitative estimate of drug-likeness (QED) is 0.700. The molecule has 0 spiro atoms. The van der Waals surface area contributed by atoms with E-state index in [0.717, 1.165) is 0 Å². The van der Waals surface area contributed by atoms with Crippen LogP contribution < -0.4 is 0 Å². The summed E-state index contributed by atoms with van der Waals surface area (Å²) in [6, 6.07) is 6.06. The molecule has 0 atom stereocenters. The van der Waals surface area contributed by atoms with Crippen LogP contribution >= 0.6 is 0 Å². The highest BCUT2D eigenvalue weighted by Gasteiger charge is 2.11. The number of aromatic hydroxyl groups is 1. The average molecular weight is 183 g/mol. The first kappa shape index (κ1) is 8.04. The number of para-hydroxylation sites is 1. The highest BCUT2D eigenvalue weighted by molar-refractivity contribution is 5.85. The van der Waals surface area contributed by atoms with Crippen LogP contribution in [0, 0.1) is 0 Å². The van der Waals surface area contributed by atoms with Gasteiger partial charge in [0.05, 0.1) is 11.2 Å². The number of halogens is 2. The number of hydrogen-bond donors (Lipinski definition) is 2. The maximum absolute atomic E-state index is 12.2. The van der Waals surface area contributed by atoms with Gasteiger partial charge < -0.3 is 10.1 Å². The summed E-state index contributed by atoms with van der Waals surface area (Å²) in [5.41, 5.74) is 0.189. The lowest BCUT2D eigenvalue weighted by atomic mass is 10.2. The Bertz CT molecular complexity index is 436. The minimum Gasteiger partial charge on any atom is -0.506 e. The summed E-state index contributed by atoms with van der Waals surface area (Å²) < 4.78 is 24.4. The second kappa shape index (κ2) is 2.73. The van der Waals surface area contributed by atoms with E-state index in [4.69, 9.17) is 0 Å². The van der Waals surface area contributed by atoms with Crippen LogP contribution in [0.1, 0.15) is 12.1 Å². The predicted octanol–water partition coefficient (Wildman–Crippen LogP) is 2.81. The van der Waals surface area contributed by atoms with E-state index in [1.807, 2.05) is 0 Å². The second-order valence-corrected chi connectivity index (χ2v) is 2.77. The molecular formula is C9H7F2NO. The summed E-state index contributed by atoms with van der Waals surface area (Å²) in [6.07, 6.45) is -2.54. The Labute approximate surface area is 72.8 Å². The zero-order valence-corrected chi connectivity index (χ0v) is 6.59. The molecule has 1 aromatic carbocycles. The van der Waals surface area contributed by atoms with Crippen molar-refractivity contribution in [2.75, 3.05) is 0 Å². The normalized spacial score (nSPS) is 11.3. The molecule has 0 saturated carbocycles. The SMILES string of the molecule is Oc1cccc2cc(C(F)F)[nH]c12. The molecule has 0 radical (unpaired) electrons. The van der Waals surface area contributed by atoms with Crippen LogP contribution in [0.25, 0.3) is 10.9 Å². The van der Waals surface area contributed by atoms with Crippen molar-refractivity contribution in [3.63, 3.8) is 0 Å². The van der Waals surface area contributed by atoms with Gasteiger partial charge in [-0.1, -0.05) is 12.1 Å². The molecule has 2 nitrogen and oxygen atoms in total. The van der Waals surface area contributed by atoms with Gasteiger partial charge in [-0.15, -0.1) is 0 Å². The van der Waals surface area contributed by atoms with Gasteiger partial charge in [0.1, 0.15) is 5.75 Å². The van der Waals surface area contributed by atoms with Crippen molar-refractivity contribution < 1.29 is 13.9 Å². The minimum atomic E-state index is -2.54. The van der Waals surface area contributed by atoms with Gasteiger partial charge >= 0.3 is 0 Å². The van der Waals surface area contributed by atoms with Gasteiger partial charge in [-0.05, 0) is 12.1 Å². The number of phenols is 1. The van der Waals surface area contributed by atoms with Crippen LogP contribution in [0.4, 0.5) is 8.78 Å². The first-order chi connectivity index (χ1) is 6.18. The molecule has 4 heteroatoms. The van der Waals surface area contributed by atoms with Crippen molar-refractivity contribution in [1.29, 1.82) is 0 Å². The molecule has 0 saturated heterocycles. The highest BCUT2D eigenvalue weighted by atomic mass is 19.3. The monoisotopic (exact) mass is 183 g/mol. The standard InChI is InChI=1S/C9H7F2NO/c10-9(11)6-4-5-2-1-3-7(13)8(5)12-6/h1-4,9,12-13H. The van der Waals surface area contributed by atoms with Crippen molar-refractivity contribution in [2.45, 2.75) is 6.43 Å². The van der Waals surface area contributed by atoms with Crippen LogP contribution in [0.2, 0.25) is 0 Å². The Morgan fingerprint density at radius 2 is 2.08 bits per heavy atom. The Balaban J connectivity index is 2.68. The number of alkyl halides is 2. The van der Waals surface area contributed by atoms with Crippen LogP contribution in [0.3, 0.4) is 0 Å². The van der Waals surface area contributed by atoms with Crippen molar-refractivity contribution in [3.05, 3.63) is 30.0 Å². The van der Waals surface area contributed by atoms with Gasteiger partial charge in [-0.2, -0.15) is 0 Å². The molecule has 2 rings (SSSR count). The molecule has 2 aromatic rings. The molecule has 0 aliphatic carbocycles. The lowest BCUT2D eigenvalue weighted by molar-refractivity contribution is 0.147. The Morgan fingerprint density at radius 3 is 2.69 bits per heavy atom. The molecule has 2 N–H and O–H groups in total. The van der Waals surface area contributed by atoms with E-state index < -0.39 is 6.43 Å². The largest absolute Gasteiger partial charge is 0.506 e. The summed E-state index contributed by atoms with van der Waals surface area (Å²) in [5, 5.41) is 9.88. The Hall–Kier alpha value is -1.58. The zero-order chi connectivity index (χ0) is 9.42. The summed E-state index contributed by atoms with van der Waals surface area (Å²) in [5.74, 6) is -0.00981.